The molecule has 0 fully saturated rings. The van der Waals surface area contributed by atoms with Crippen LogP contribution in [0.15, 0.2) is 24.4 Å². The summed E-state index contributed by atoms with van der Waals surface area (Å²) in [5, 5.41) is 32.6. The van der Waals surface area contributed by atoms with Crippen LogP contribution in [-0.4, -0.2) is 30.9 Å². The number of carbonyl (C=O) groups is 1. The first-order valence-corrected chi connectivity index (χ1v) is 5.17. The van der Waals surface area contributed by atoms with Crippen molar-refractivity contribution in [2.75, 3.05) is 0 Å². The smallest absolute Gasteiger partial charge is 0.360 e. The molecule has 8 nitrogen and oxygen atoms in total. The maximum atomic E-state index is 10.8. The second-order valence-electron chi connectivity index (χ2n) is 3.84. The lowest BCUT2D eigenvalue weighted by Gasteiger charge is -2.04. The molecule has 8 heteroatoms. The first-order chi connectivity index (χ1) is 8.90. The lowest BCUT2D eigenvalue weighted by atomic mass is 10.2. The Balaban J connectivity index is 2.58. The van der Waals surface area contributed by atoms with E-state index in [4.69, 9.17) is 5.11 Å². The van der Waals surface area contributed by atoms with Crippen molar-refractivity contribution >= 4 is 11.7 Å². The molecule has 0 unspecified atom stereocenters. The normalized spacial score (nSPS) is 10.4. The molecule has 0 spiro atoms. The summed E-state index contributed by atoms with van der Waals surface area (Å²) in [6.45, 7) is 1.69. The van der Waals surface area contributed by atoms with Crippen molar-refractivity contribution in [2.45, 2.75) is 6.92 Å². The van der Waals surface area contributed by atoms with Crippen molar-refractivity contribution < 1.29 is 19.9 Å². The van der Waals surface area contributed by atoms with Crippen LogP contribution in [-0.2, 0) is 0 Å². The van der Waals surface area contributed by atoms with E-state index in [2.05, 4.69) is 5.10 Å². The summed E-state index contributed by atoms with van der Waals surface area (Å²) in [6, 6.07) is 4.11. The maximum absolute atomic E-state index is 10.8. The number of aromatic nitrogens is 2. The number of aromatic carboxylic acids is 1. The van der Waals surface area contributed by atoms with Gasteiger partial charge in [-0.05, 0) is 12.5 Å². The minimum Gasteiger partial charge on any atom is -0.504 e. The molecule has 0 radical (unpaired) electrons. The van der Waals surface area contributed by atoms with Gasteiger partial charge in [0.05, 0.1) is 16.8 Å². The molecule has 0 aliphatic rings. The number of nitro groups is 1. The fourth-order valence-corrected chi connectivity index (χ4v) is 1.60. The van der Waals surface area contributed by atoms with Gasteiger partial charge in [0, 0.05) is 12.1 Å². The predicted octanol–water partition coefficient (Wildman–Crippen LogP) is 1.49. The topological polar surface area (TPSA) is 118 Å². The number of carboxylic acids is 1. The van der Waals surface area contributed by atoms with Gasteiger partial charge in [0.15, 0.2) is 5.75 Å². The minimum absolute atomic E-state index is 0.146. The first-order valence-electron chi connectivity index (χ1n) is 5.17. The molecule has 1 aromatic carbocycles. The van der Waals surface area contributed by atoms with E-state index in [0.717, 1.165) is 10.9 Å². The number of aryl methyl sites for hydroxylation is 1. The van der Waals surface area contributed by atoms with Crippen LogP contribution in [0.1, 0.15) is 16.1 Å². The number of nitrogens with zero attached hydrogens (tertiary/aromatic N) is 3. The second-order valence-corrected chi connectivity index (χ2v) is 3.84. The van der Waals surface area contributed by atoms with E-state index in [-0.39, 0.29) is 5.69 Å². The Kier molecular flexibility index (Phi) is 2.91. The Morgan fingerprint density at radius 3 is 2.68 bits per heavy atom. The van der Waals surface area contributed by atoms with E-state index in [1.54, 1.807) is 6.92 Å². The zero-order valence-corrected chi connectivity index (χ0v) is 9.77. The summed E-state index contributed by atoms with van der Waals surface area (Å²) < 4.78 is 1.10. The summed E-state index contributed by atoms with van der Waals surface area (Å²) >= 11 is 0. The Bertz CT molecular complexity index is 677. The van der Waals surface area contributed by atoms with E-state index in [9.17, 15) is 20.0 Å². The van der Waals surface area contributed by atoms with Gasteiger partial charge < -0.3 is 10.2 Å². The van der Waals surface area contributed by atoms with Crippen LogP contribution in [0, 0.1) is 17.0 Å². The number of carboxylic acid groups (broad SMARTS) is 1. The number of nitro benzene ring substituents is 1. The van der Waals surface area contributed by atoms with Gasteiger partial charge in [0.25, 0.3) is 5.69 Å². The first kappa shape index (κ1) is 12.6. The van der Waals surface area contributed by atoms with E-state index < -0.39 is 22.3 Å². The zero-order valence-electron chi connectivity index (χ0n) is 9.77. The highest BCUT2D eigenvalue weighted by molar-refractivity contribution is 5.88. The minimum atomic E-state index is -1.38. The molecule has 1 aromatic heterocycles. The molecular formula is C11H9N3O5. The maximum Gasteiger partial charge on any atom is 0.360 e. The van der Waals surface area contributed by atoms with Crippen LogP contribution in [0.25, 0.3) is 5.69 Å². The highest BCUT2D eigenvalue weighted by Crippen LogP contribution is 2.23. The Hall–Kier alpha value is -2.90. The highest BCUT2D eigenvalue weighted by atomic mass is 16.6. The lowest BCUT2D eigenvalue weighted by molar-refractivity contribution is -0.384. The highest BCUT2D eigenvalue weighted by Gasteiger charge is 2.18. The van der Waals surface area contributed by atoms with Crippen LogP contribution in [0.2, 0.25) is 0 Å². The molecule has 2 aromatic rings. The van der Waals surface area contributed by atoms with Gasteiger partial charge in [-0.2, -0.15) is 5.10 Å². The fraction of sp³-hybridized carbons (Fsp3) is 0.0909. The summed E-state index contributed by atoms with van der Waals surface area (Å²) in [5.41, 5.74) is 0.334. The average molecular weight is 263 g/mol. The molecule has 1 heterocycles. The molecule has 0 saturated heterocycles. The van der Waals surface area contributed by atoms with Crippen LogP contribution in [0.4, 0.5) is 5.69 Å². The van der Waals surface area contributed by atoms with Crippen LogP contribution < -0.4 is 0 Å². The number of hydrogen-bond acceptors (Lipinski definition) is 5. The Morgan fingerprint density at radius 2 is 2.16 bits per heavy atom. The average Bonchev–Trinajstić information content (AvgIpc) is 2.71. The van der Waals surface area contributed by atoms with Gasteiger partial charge in [-0.25, -0.2) is 9.48 Å². The molecule has 0 saturated carbocycles. The number of aromatic hydroxyl groups is 1. The third-order valence-electron chi connectivity index (χ3n) is 2.55. The molecule has 0 amide bonds. The van der Waals surface area contributed by atoms with Gasteiger partial charge in [0.1, 0.15) is 0 Å². The van der Waals surface area contributed by atoms with Gasteiger partial charge >= 0.3 is 5.97 Å². The van der Waals surface area contributed by atoms with E-state index in [1.165, 1.54) is 18.2 Å². The molecule has 0 aliphatic heterocycles. The SMILES string of the molecule is Cc1ccc([N+](=O)[O-])cc1-n1cc(O)c(C(=O)O)n1. The summed E-state index contributed by atoms with van der Waals surface area (Å²) in [7, 11) is 0. The van der Waals surface area contributed by atoms with E-state index in [0.29, 0.717) is 11.3 Å². The second kappa shape index (κ2) is 4.41. The molecule has 2 N–H and O–H groups in total. The van der Waals surface area contributed by atoms with Gasteiger partial charge in [0.2, 0.25) is 5.69 Å². The van der Waals surface area contributed by atoms with Crippen molar-refractivity contribution in [3.05, 3.63) is 45.8 Å². The monoisotopic (exact) mass is 263 g/mol. The summed E-state index contributed by atoms with van der Waals surface area (Å²) in [6.07, 6.45) is 1.09. The Labute approximate surface area is 106 Å². The number of hydrogen-bond donors (Lipinski definition) is 2. The van der Waals surface area contributed by atoms with Crippen LogP contribution >= 0.6 is 0 Å². The van der Waals surface area contributed by atoms with Crippen molar-refractivity contribution in [3.8, 4) is 11.4 Å². The van der Waals surface area contributed by atoms with Crippen molar-refractivity contribution in [2.24, 2.45) is 0 Å². The third-order valence-corrected chi connectivity index (χ3v) is 2.55. The van der Waals surface area contributed by atoms with Crippen molar-refractivity contribution in [1.29, 1.82) is 0 Å². The quantitative estimate of drug-likeness (QED) is 0.639. The molecule has 2 rings (SSSR count). The predicted molar refractivity (Wildman–Crippen MR) is 63.6 cm³/mol. The number of benzene rings is 1. The molecule has 98 valence electrons. The van der Waals surface area contributed by atoms with E-state index in [1.807, 2.05) is 0 Å². The lowest BCUT2D eigenvalue weighted by Crippen LogP contribution is -2.03. The third kappa shape index (κ3) is 2.23. The van der Waals surface area contributed by atoms with Gasteiger partial charge in [-0.15, -0.1) is 0 Å². The standard InChI is InChI=1S/C11H9N3O5/c1-6-2-3-7(14(18)19)4-8(6)13-5-9(15)10(12-13)11(16)17/h2-5,15H,1H3,(H,16,17). The molecule has 0 atom stereocenters. The van der Waals surface area contributed by atoms with Crippen molar-refractivity contribution in [3.63, 3.8) is 0 Å². The number of non-ortho nitro benzene ring substituents is 1. The van der Waals surface area contributed by atoms with Gasteiger partial charge in [-0.1, -0.05) is 6.07 Å². The Morgan fingerprint density at radius 1 is 1.47 bits per heavy atom. The summed E-state index contributed by atoms with van der Waals surface area (Å²) in [5.74, 6) is -1.88. The largest absolute Gasteiger partial charge is 0.504 e. The van der Waals surface area contributed by atoms with Gasteiger partial charge in [-0.3, -0.25) is 10.1 Å². The van der Waals surface area contributed by atoms with E-state index >= 15 is 0 Å². The summed E-state index contributed by atoms with van der Waals surface area (Å²) in [4.78, 5) is 20.9. The van der Waals surface area contributed by atoms with Crippen LogP contribution in [0.3, 0.4) is 0 Å². The van der Waals surface area contributed by atoms with Crippen LogP contribution in [0.5, 0.6) is 5.75 Å². The van der Waals surface area contributed by atoms with Crippen molar-refractivity contribution in [1.82, 2.24) is 9.78 Å². The zero-order chi connectivity index (χ0) is 14.2. The molecular weight excluding hydrogens is 254 g/mol. The number of rotatable bonds is 3. The fourth-order valence-electron chi connectivity index (χ4n) is 1.60. The molecule has 0 bridgehead atoms. The molecule has 19 heavy (non-hydrogen) atoms. The molecule has 0 aliphatic carbocycles.